The highest BCUT2D eigenvalue weighted by Gasteiger charge is 2.00. The molecule has 0 aliphatic carbocycles. The molecule has 0 atom stereocenters. The summed E-state index contributed by atoms with van der Waals surface area (Å²) in [6.07, 6.45) is 0.811. The molecule has 0 aromatic heterocycles. The van der Waals surface area contributed by atoms with Gasteiger partial charge in [-0.3, -0.25) is 0 Å². The number of oxime groups is 1. The summed E-state index contributed by atoms with van der Waals surface area (Å²) < 4.78 is 10.8. The molecule has 0 heterocycles. The molecule has 0 amide bonds. The average molecular weight is 286 g/mol. The summed E-state index contributed by atoms with van der Waals surface area (Å²) in [4.78, 5) is 0. The molecule has 5 heteroatoms. The number of nitrogens with two attached hydrogens (primary N) is 1. The Hall–Kier alpha value is -2.69. The van der Waals surface area contributed by atoms with Gasteiger partial charge < -0.3 is 20.4 Å². The molecule has 0 aliphatic heterocycles. The Bertz CT molecular complexity index is 592. The number of methoxy groups -OCH3 is 1. The number of nitrogens with zero attached hydrogens (tertiary/aromatic N) is 1. The number of hydrogen-bond donors (Lipinski definition) is 2. The lowest BCUT2D eigenvalue weighted by Crippen LogP contribution is -2.12. The predicted molar refractivity (Wildman–Crippen MR) is 81.1 cm³/mol. The van der Waals surface area contributed by atoms with Crippen LogP contribution in [0.3, 0.4) is 0 Å². The van der Waals surface area contributed by atoms with E-state index >= 15 is 0 Å². The highest BCUT2D eigenvalue weighted by Crippen LogP contribution is 2.14. The highest BCUT2D eigenvalue weighted by atomic mass is 16.5. The molecule has 0 unspecified atom stereocenters. The minimum atomic E-state index is 0.0831. The number of benzene rings is 2. The molecule has 5 nitrogen and oxygen atoms in total. The fourth-order valence-electron chi connectivity index (χ4n) is 1.86. The molecule has 0 saturated heterocycles. The predicted octanol–water partition coefficient (Wildman–Crippen LogP) is 2.41. The Labute approximate surface area is 123 Å². The van der Waals surface area contributed by atoms with Gasteiger partial charge in [-0.05, 0) is 42.0 Å². The fourth-order valence-corrected chi connectivity index (χ4v) is 1.86. The van der Waals surface area contributed by atoms with Crippen LogP contribution >= 0.6 is 0 Å². The third kappa shape index (κ3) is 4.14. The van der Waals surface area contributed by atoms with Crippen LogP contribution in [0.1, 0.15) is 11.1 Å². The Morgan fingerprint density at radius 1 is 1.05 bits per heavy atom. The van der Waals surface area contributed by atoms with Crippen molar-refractivity contribution in [3.8, 4) is 11.5 Å². The molecule has 0 saturated carbocycles. The van der Waals surface area contributed by atoms with E-state index < -0.39 is 0 Å². The lowest BCUT2D eigenvalue weighted by atomic mass is 10.1. The average Bonchev–Trinajstić information content (AvgIpc) is 2.55. The lowest BCUT2D eigenvalue weighted by molar-refractivity contribution is 0.318. The van der Waals surface area contributed by atoms with Gasteiger partial charge in [0.25, 0.3) is 0 Å². The van der Waals surface area contributed by atoms with Crippen molar-refractivity contribution in [1.29, 1.82) is 0 Å². The first-order chi connectivity index (χ1) is 10.2. The van der Waals surface area contributed by atoms with Crippen molar-refractivity contribution >= 4 is 5.84 Å². The summed E-state index contributed by atoms with van der Waals surface area (Å²) >= 11 is 0. The monoisotopic (exact) mass is 286 g/mol. The van der Waals surface area contributed by atoms with E-state index in [-0.39, 0.29) is 5.84 Å². The summed E-state index contributed by atoms with van der Waals surface area (Å²) in [6.45, 7) is 0.579. The molecule has 3 N–H and O–H groups in total. The maximum atomic E-state index is 8.59. The van der Waals surface area contributed by atoms with Crippen molar-refractivity contribution < 1.29 is 14.7 Å². The van der Waals surface area contributed by atoms with E-state index in [9.17, 15) is 0 Å². The van der Waals surface area contributed by atoms with E-state index in [0.29, 0.717) is 12.2 Å². The molecule has 2 aromatic rings. The third-order valence-electron chi connectivity index (χ3n) is 3.08. The van der Waals surface area contributed by atoms with Gasteiger partial charge in [-0.2, -0.15) is 0 Å². The van der Waals surface area contributed by atoms with E-state index in [1.165, 1.54) is 5.56 Å². The summed E-state index contributed by atoms with van der Waals surface area (Å²) in [5.41, 5.74) is 7.33. The minimum Gasteiger partial charge on any atom is -0.497 e. The summed E-state index contributed by atoms with van der Waals surface area (Å²) in [6, 6.07) is 15.0. The van der Waals surface area contributed by atoms with Gasteiger partial charge in [0.1, 0.15) is 11.5 Å². The first-order valence-electron chi connectivity index (χ1n) is 6.56. The van der Waals surface area contributed by atoms with E-state index in [1.54, 1.807) is 31.4 Å². The van der Waals surface area contributed by atoms with Crippen LogP contribution in [-0.2, 0) is 6.42 Å². The second-order valence-electron chi connectivity index (χ2n) is 4.46. The highest BCUT2D eigenvalue weighted by molar-refractivity contribution is 5.97. The first-order valence-corrected chi connectivity index (χ1v) is 6.56. The zero-order chi connectivity index (χ0) is 15.1. The van der Waals surface area contributed by atoms with Crippen molar-refractivity contribution in [2.24, 2.45) is 10.9 Å². The van der Waals surface area contributed by atoms with Crippen LogP contribution in [0, 0.1) is 0 Å². The largest absolute Gasteiger partial charge is 0.497 e. The van der Waals surface area contributed by atoms with Crippen molar-refractivity contribution in [1.82, 2.24) is 0 Å². The second-order valence-corrected chi connectivity index (χ2v) is 4.46. The topological polar surface area (TPSA) is 77.1 Å². The van der Waals surface area contributed by atoms with E-state index in [1.807, 2.05) is 24.3 Å². The summed E-state index contributed by atoms with van der Waals surface area (Å²) in [5, 5.41) is 11.5. The summed E-state index contributed by atoms with van der Waals surface area (Å²) in [7, 11) is 1.65. The standard InChI is InChI=1S/C16H18N2O3/c1-20-14-6-2-12(3-7-14)10-11-21-15-8-4-13(5-9-15)16(17)18-19/h2-9,19H,10-11H2,1H3,(H2,17,18). The zero-order valence-corrected chi connectivity index (χ0v) is 11.8. The van der Waals surface area contributed by atoms with Gasteiger partial charge in [-0.15, -0.1) is 0 Å². The molecule has 0 fully saturated rings. The molecule has 21 heavy (non-hydrogen) atoms. The fraction of sp³-hybridized carbons (Fsp3) is 0.188. The molecule has 0 spiro atoms. The van der Waals surface area contributed by atoms with Crippen LogP contribution in [0.2, 0.25) is 0 Å². The van der Waals surface area contributed by atoms with Crippen LogP contribution in [0.25, 0.3) is 0 Å². The van der Waals surface area contributed by atoms with Crippen LogP contribution in [0.5, 0.6) is 11.5 Å². The molecule has 0 aliphatic rings. The van der Waals surface area contributed by atoms with Crippen molar-refractivity contribution in [3.05, 3.63) is 59.7 Å². The Balaban J connectivity index is 1.85. The van der Waals surface area contributed by atoms with Crippen molar-refractivity contribution in [3.63, 3.8) is 0 Å². The van der Waals surface area contributed by atoms with Crippen LogP contribution in [-0.4, -0.2) is 24.8 Å². The van der Waals surface area contributed by atoms with Crippen molar-refractivity contribution in [2.75, 3.05) is 13.7 Å². The molecule has 0 radical (unpaired) electrons. The number of amidine groups is 1. The Morgan fingerprint density at radius 2 is 1.67 bits per heavy atom. The smallest absolute Gasteiger partial charge is 0.170 e. The maximum Gasteiger partial charge on any atom is 0.170 e. The molecule has 2 rings (SSSR count). The van der Waals surface area contributed by atoms with E-state index in [0.717, 1.165) is 17.9 Å². The Kier molecular flexibility index (Phi) is 5.04. The zero-order valence-electron chi connectivity index (χ0n) is 11.8. The van der Waals surface area contributed by atoms with Gasteiger partial charge in [0.2, 0.25) is 0 Å². The normalized spacial score (nSPS) is 11.2. The minimum absolute atomic E-state index is 0.0831. The van der Waals surface area contributed by atoms with Crippen LogP contribution < -0.4 is 15.2 Å². The van der Waals surface area contributed by atoms with E-state index in [4.69, 9.17) is 20.4 Å². The Morgan fingerprint density at radius 3 is 2.24 bits per heavy atom. The SMILES string of the molecule is COc1ccc(CCOc2ccc(C(N)=NO)cc2)cc1. The molecule has 0 bridgehead atoms. The first kappa shape index (κ1) is 14.7. The molecule has 110 valence electrons. The van der Waals surface area contributed by atoms with Gasteiger partial charge >= 0.3 is 0 Å². The third-order valence-corrected chi connectivity index (χ3v) is 3.08. The van der Waals surface area contributed by atoms with Gasteiger partial charge in [-0.1, -0.05) is 17.3 Å². The van der Waals surface area contributed by atoms with Crippen LogP contribution in [0.4, 0.5) is 0 Å². The second kappa shape index (κ2) is 7.19. The number of rotatable bonds is 6. The van der Waals surface area contributed by atoms with Gasteiger partial charge in [0, 0.05) is 12.0 Å². The van der Waals surface area contributed by atoms with Gasteiger partial charge in [-0.25, -0.2) is 0 Å². The quantitative estimate of drug-likeness (QED) is 0.370. The van der Waals surface area contributed by atoms with E-state index in [2.05, 4.69) is 5.16 Å². The van der Waals surface area contributed by atoms with Crippen LogP contribution in [0.15, 0.2) is 53.7 Å². The van der Waals surface area contributed by atoms with Crippen molar-refractivity contribution in [2.45, 2.75) is 6.42 Å². The van der Waals surface area contributed by atoms with Gasteiger partial charge in [0.05, 0.1) is 13.7 Å². The summed E-state index contributed by atoms with van der Waals surface area (Å²) in [5.74, 6) is 1.68. The van der Waals surface area contributed by atoms with Gasteiger partial charge in [0.15, 0.2) is 5.84 Å². The molecular formula is C16H18N2O3. The number of ether oxygens (including phenoxy) is 2. The maximum absolute atomic E-state index is 8.59. The number of hydrogen-bond acceptors (Lipinski definition) is 4. The molecular weight excluding hydrogens is 268 g/mol. The lowest BCUT2D eigenvalue weighted by Gasteiger charge is -2.07. The molecule has 2 aromatic carbocycles.